The number of aromatic nitrogens is 3. The Morgan fingerprint density at radius 2 is 1.95 bits per heavy atom. The summed E-state index contributed by atoms with van der Waals surface area (Å²) in [5.41, 5.74) is 3.51. The molecule has 3 rings (SSSR count). The maximum Gasteiger partial charge on any atom is 0.146 e. The Balaban J connectivity index is 1.88. The molecule has 0 saturated carbocycles. The molecule has 2 heterocycles. The van der Waals surface area contributed by atoms with Gasteiger partial charge in [-0.3, -0.25) is 0 Å². The number of halogens is 2. The Bertz CT molecular complexity index is 783. The monoisotopic (exact) mass is 377 g/mol. The van der Waals surface area contributed by atoms with E-state index < -0.39 is 0 Å². The summed E-state index contributed by atoms with van der Waals surface area (Å²) in [4.78, 5) is 8.53. The van der Waals surface area contributed by atoms with Gasteiger partial charge in [-0.05, 0) is 40.8 Å². The molecule has 0 aliphatic rings. The average molecular weight is 379 g/mol. The van der Waals surface area contributed by atoms with Crippen LogP contribution in [0.5, 0.6) is 0 Å². The molecule has 0 unspecified atom stereocenters. The maximum absolute atomic E-state index is 6.24. The quantitative estimate of drug-likeness (QED) is 0.582. The highest BCUT2D eigenvalue weighted by Gasteiger charge is 2.17. The first kappa shape index (κ1) is 15.5. The third-order valence-electron chi connectivity index (χ3n) is 3.86. The van der Waals surface area contributed by atoms with Gasteiger partial charge in [-0.15, -0.1) is 0 Å². The van der Waals surface area contributed by atoms with E-state index in [1.165, 1.54) is 17.6 Å². The minimum absolute atomic E-state index is 0.508. The van der Waals surface area contributed by atoms with Gasteiger partial charge in [-0.25, -0.2) is 9.97 Å². The molecule has 1 aromatic carbocycles. The zero-order chi connectivity index (χ0) is 15.5. The predicted octanol–water partition coefficient (Wildman–Crippen LogP) is 5.04. The summed E-state index contributed by atoms with van der Waals surface area (Å²) < 4.78 is 3.28. The van der Waals surface area contributed by atoms with Crippen molar-refractivity contribution in [3.05, 3.63) is 57.5 Å². The Morgan fingerprint density at radius 3 is 2.68 bits per heavy atom. The summed E-state index contributed by atoms with van der Waals surface area (Å²) in [5, 5.41) is 1.43. The van der Waals surface area contributed by atoms with E-state index >= 15 is 0 Å². The summed E-state index contributed by atoms with van der Waals surface area (Å²) in [7, 11) is 0. The van der Waals surface area contributed by atoms with Crippen LogP contribution in [0.4, 0.5) is 0 Å². The van der Waals surface area contributed by atoms with Gasteiger partial charge < -0.3 is 4.57 Å². The van der Waals surface area contributed by atoms with Crippen LogP contribution in [0.25, 0.3) is 11.0 Å². The minimum atomic E-state index is 0.508. The van der Waals surface area contributed by atoms with Crippen LogP contribution >= 0.6 is 27.5 Å². The number of rotatable bonds is 5. The van der Waals surface area contributed by atoms with Crippen LogP contribution in [0, 0.1) is 0 Å². The lowest BCUT2D eigenvalue weighted by atomic mass is 10.1. The second-order valence-electron chi connectivity index (χ2n) is 5.22. The van der Waals surface area contributed by atoms with Crippen LogP contribution in [0.2, 0.25) is 5.15 Å². The first-order valence-electron chi connectivity index (χ1n) is 7.43. The van der Waals surface area contributed by atoms with Crippen molar-refractivity contribution in [1.82, 2.24) is 14.5 Å². The summed E-state index contributed by atoms with van der Waals surface area (Å²) >= 11 is 9.91. The SMILES string of the molecule is CCc1c(Br)c2c(Cl)ncnc2n1CCCc1ccccc1. The Labute approximate surface area is 143 Å². The normalized spacial score (nSPS) is 11.2. The molecule has 0 bridgehead atoms. The fraction of sp³-hybridized carbons (Fsp3) is 0.294. The van der Waals surface area contributed by atoms with Crippen molar-refractivity contribution in [1.29, 1.82) is 0 Å². The van der Waals surface area contributed by atoms with Crippen molar-refractivity contribution in [3.63, 3.8) is 0 Å². The summed E-state index contributed by atoms with van der Waals surface area (Å²) in [6, 6.07) is 10.6. The number of nitrogens with zero attached hydrogens (tertiary/aromatic N) is 3. The fourth-order valence-corrected chi connectivity index (χ4v) is 4.01. The van der Waals surface area contributed by atoms with Gasteiger partial charge in [0.2, 0.25) is 0 Å². The van der Waals surface area contributed by atoms with Crippen LogP contribution in [-0.4, -0.2) is 14.5 Å². The number of benzene rings is 1. The molecule has 0 radical (unpaired) electrons. The van der Waals surface area contributed by atoms with E-state index in [4.69, 9.17) is 11.6 Å². The van der Waals surface area contributed by atoms with Crippen molar-refractivity contribution in [3.8, 4) is 0 Å². The topological polar surface area (TPSA) is 30.7 Å². The molecule has 0 amide bonds. The number of aryl methyl sites for hydroxylation is 2. The molecule has 0 atom stereocenters. The lowest BCUT2D eigenvalue weighted by molar-refractivity contribution is 0.632. The average Bonchev–Trinajstić information content (AvgIpc) is 2.81. The van der Waals surface area contributed by atoms with Crippen LogP contribution in [0.15, 0.2) is 41.1 Å². The molecular weight excluding hydrogens is 362 g/mol. The molecule has 0 aliphatic heterocycles. The highest BCUT2D eigenvalue weighted by molar-refractivity contribution is 9.10. The van der Waals surface area contributed by atoms with Gasteiger partial charge in [-0.2, -0.15) is 0 Å². The standard InChI is InChI=1S/C17H17BrClN3/c1-2-13-15(18)14-16(19)20-11-21-17(14)22(13)10-6-9-12-7-4-3-5-8-12/h3-5,7-8,11H,2,6,9-10H2,1H3. The zero-order valence-electron chi connectivity index (χ0n) is 12.4. The summed E-state index contributed by atoms with van der Waals surface area (Å²) in [6.07, 6.45) is 4.58. The van der Waals surface area contributed by atoms with Gasteiger partial charge in [-0.1, -0.05) is 48.9 Å². The van der Waals surface area contributed by atoms with E-state index in [2.05, 4.69) is 61.7 Å². The minimum Gasteiger partial charge on any atom is -0.328 e. The van der Waals surface area contributed by atoms with Crippen LogP contribution in [0.3, 0.4) is 0 Å². The second kappa shape index (κ2) is 6.80. The molecular formula is C17H17BrClN3. The zero-order valence-corrected chi connectivity index (χ0v) is 14.7. The maximum atomic E-state index is 6.24. The largest absolute Gasteiger partial charge is 0.328 e. The molecule has 3 aromatic rings. The first-order chi connectivity index (χ1) is 10.7. The van der Waals surface area contributed by atoms with E-state index in [9.17, 15) is 0 Å². The van der Waals surface area contributed by atoms with Gasteiger partial charge in [0.15, 0.2) is 0 Å². The molecule has 3 nitrogen and oxygen atoms in total. The summed E-state index contributed by atoms with van der Waals surface area (Å²) in [6.45, 7) is 3.07. The van der Waals surface area contributed by atoms with Crippen molar-refractivity contribution in [2.45, 2.75) is 32.7 Å². The molecule has 2 aromatic heterocycles. The lowest BCUT2D eigenvalue weighted by Crippen LogP contribution is -2.05. The van der Waals surface area contributed by atoms with Crippen LogP contribution in [0.1, 0.15) is 24.6 Å². The van der Waals surface area contributed by atoms with Crippen molar-refractivity contribution in [2.75, 3.05) is 0 Å². The number of hydrogen-bond donors (Lipinski definition) is 0. The van der Waals surface area contributed by atoms with Gasteiger partial charge in [0, 0.05) is 12.2 Å². The van der Waals surface area contributed by atoms with Crippen LogP contribution in [-0.2, 0) is 19.4 Å². The van der Waals surface area contributed by atoms with Gasteiger partial charge in [0.05, 0.1) is 9.86 Å². The van der Waals surface area contributed by atoms with Crippen molar-refractivity contribution in [2.24, 2.45) is 0 Å². The molecule has 5 heteroatoms. The van der Waals surface area contributed by atoms with Crippen LogP contribution < -0.4 is 0 Å². The molecule has 0 aliphatic carbocycles. The Kier molecular flexibility index (Phi) is 4.79. The first-order valence-corrected chi connectivity index (χ1v) is 8.60. The molecule has 22 heavy (non-hydrogen) atoms. The number of hydrogen-bond acceptors (Lipinski definition) is 2. The third-order valence-corrected chi connectivity index (χ3v) is 5.00. The smallest absolute Gasteiger partial charge is 0.146 e. The van der Waals surface area contributed by atoms with E-state index in [1.807, 2.05) is 6.07 Å². The van der Waals surface area contributed by atoms with Gasteiger partial charge >= 0.3 is 0 Å². The van der Waals surface area contributed by atoms with Gasteiger partial charge in [0.1, 0.15) is 17.1 Å². The highest BCUT2D eigenvalue weighted by Crippen LogP contribution is 2.34. The Hall–Kier alpha value is -1.39. The van der Waals surface area contributed by atoms with Crippen molar-refractivity contribution >= 4 is 38.6 Å². The highest BCUT2D eigenvalue weighted by atomic mass is 79.9. The summed E-state index contributed by atoms with van der Waals surface area (Å²) in [5.74, 6) is 0. The molecule has 0 fully saturated rings. The molecule has 114 valence electrons. The third kappa shape index (κ3) is 2.90. The van der Waals surface area contributed by atoms with E-state index in [0.29, 0.717) is 5.15 Å². The fourth-order valence-electron chi connectivity index (χ4n) is 2.81. The van der Waals surface area contributed by atoms with E-state index in [-0.39, 0.29) is 0 Å². The van der Waals surface area contributed by atoms with E-state index in [1.54, 1.807) is 0 Å². The Morgan fingerprint density at radius 1 is 1.18 bits per heavy atom. The van der Waals surface area contributed by atoms with Gasteiger partial charge in [0.25, 0.3) is 0 Å². The van der Waals surface area contributed by atoms with E-state index in [0.717, 1.165) is 41.3 Å². The second-order valence-corrected chi connectivity index (χ2v) is 6.37. The predicted molar refractivity (Wildman–Crippen MR) is 94.4 cm³/mol. The molecule has 0 saturated heterocycles. The van der Waals surface area contributed by atoms with Crippen molar-refractivity contribution < 1.29 is 0 Å². The number of fused-ring (bicyclic) bond motifs is 1. The molecule has 0 N–H and O–H groups in total. The lowest BCUT2D eigenvalue weighted by Gasteiger charge is -2.09. The molecule has 0 spiro atoms.